The molecule has 112 valence electrons. The number of aryl methyl sites for hydroxylation is 2. The summed E-state index contributed by atoms with van der Waals surface area (Å²) in [5, 5.41) is 4.44. The highest BCUT2D eigenvalue weighted by atomic mass is 16.2. The van der Waals surface area contributed by atoms with E-state index in [2.05, 4.69) is 16.9 Å². The molecule has 2 heterocycles. The number of hydrogen-bond acceptors (Lipinski definition) is 2. The van der Waals surface area contributed by atoms with Gasteiger partial charge in [-0.1, -0.05) is 6.92 Å². The molecule has 0 bridgehead atoms. The van der Waals surface area contributed by atoms with Crippen LogP contribution in [0.4, 0.5) is 0 Å². The van der Waals surface area contributed by atoms with Gasteiger partial charge >= 0.3 is 0 Å². The van der Waals surface area contributed by atoms with Crippen LogP contribution in [0.5, 0.6) is 0 Å². The minimum absolute atomic E-state index is 0.0872. The SMILES string of the molecule is CC[C@H]1CCCCN1C(=O)[C@H](C)c1c(C)nn(C)c1C. The van der Waals surface area contributed by atoms with Gasteiger partial charge in [0.05, 0.1) is 11.6 Å². The summed E-state index contributed by atoms with van der Waals surface area (Å²) in [6, 6.07) is 0.427. The van der Waals surface area contributed by atoms with Crippen LogP contribution >= 0.6 is 0 Å². The van der Waals surface area contributed by atoms with Gasteiger partial charge in [0.2, 0.25) is 5.91 Å². The molecule has 0 spiro atoms. The molecule has 0 saturated carbocycles. The van der Waals surface area contributed by atoms with Crippen LogP contribution in [0.25, 0.3) is 0 Å². The first-order valence-corrected chi connectivity index (χ1v) is 7.77. The lowest BCUT2D eigenvalue weighted by Gasteiger charge is -2.37. The highest BCUT2D eigenvalue weighted by Gasteiger charge is 2.31. The van der Waals surface area contributed by atoms with Gasteiger partial charge in [0, 0.05) is 30.9 Å². The number of nitrogens with zero attached hydrogens (tertiary/aromatic N) is 3. The lowest BCUT2D eigenvalue weighted by molar-refractivity contribution is -0.136. The summed E-state index contributed by atoms with van der Waals surface area (Å²) in [7, 11) is 1.94. The third-order valence-electron chi connectivity index (χ3n) is 4.75. The van der Waals surface area contributed by atoms with Crippen LogP contribution in [-0.2, 0) is 11.8 Å². The Morgan fingerprint density at radius 2 is 2.10 bits per heavy atom. The molecule has 0 aromatic carbocycles. The van der Waals surface area contributed by atoms with Crippen LogP contribution in [-0.4, -0.2) is 33.2 Å². The second-order valence-electron chi connectivity index (χ2n) is 6.02. The van der Waals surface area contributed by atoms with E-state index in [-0.39, 0.29) is 11.8 Å². The third kappa shape index (κ3) is 2.60. The Hall–Kier alpha value is -1.32. The zero-order valence-electron chi connectivity index (χ0n) is 13.4. The van der Waals surface area contributed by atoms with E-state index in [1.807, 2.05) is 32.5 Å². The molecule has 0 radical (unpaired) electrons. The van der Waals surface area contributed by atoms with E-state index in [1.165, 1.54) is 6.42 Å². The van der Waals surface area contributed by atoms with Crippen molar-refractivity contribution in [3.8, 4) is 0 Å². The Bertz CT molecular complexity index is 492. The van der Waals surface area contributed by atoms with Crippen molar-refractivity contribution in [2.24, 2.45) is 7.05 Å². The molecule has 1 fully saturated rings. The van der Waals surface area contributed by atoms with Gasteiger partial charge in [0.1, 0.15) is 0 Å². The number of carbonyl (C=O) groups is 1. The average Bonchev–Trinajstić information content (AvgIpc) is 2.70. The zero-order valence-corrected chi connectivity index (χ0v) is 13.4. The smallest absolute Gasteiger partial charge is 0.230 e. The van der Waals surface area contributed by atoms with Gasteiger partial charge in [-0.25, -0.2) is 0 Å². The fraction of sp³-hybridized carbons (Fsp3) is 0.750. The lowest BCUT2D eigenvalue weighted by Crippen LogP contribution is -2.45. The number of hydrogen-bond donors (Lipinski definition) is 0. The van der Waals surface area contributed by atoms with Crippen molar-refractivity contribution < 1.29 is 4.79 Å². The van der Waals surface area contributed by atoms with Crippen LogP contribution in [0.1, 0.15) is 62.4 Å². The molecule has 1 amide bonds. The maximum atomic E-state index is 12.9. The fourth-order valence-corrected chi connectivity index (χ4v) is 3.50. The Balaban J connectivity index is 2.23. The number of aromatic nitrogens is 2. The molecule has 0 unspecified atom stereocenters. The van der Waals surface area contributed by atoms with Gasteiger partial charge in [-0.2, -0.15) is 5.10 Å². The van der Waals surface area contributed by atoms with Crippen LogP contribution in [0.15, 0.2) is 0 Å². The molecule has 2 atom stereocenters. The summed E-state index contributed by atoms with van der Waals surface area (Å²) in [6.07, 6.45) is 4.60. The van der Waals surface area contributed by atoms with Crippen LogP contribution in [0.2, 0.25) is 0 Å². The van der Waals surface area contributed by atoms with Gasteiger partial charge in [0.25, 0.3) is 0 Å². The fourth-order valence-electron chi connectivity index (χ4n) is 3.50. The molecular weight excluding hydrogens is 250 g/mol. The molecule has 4 nitrogen and oxygen atoms in total. The van der Waals surface area contributed by atoms with E-state index in [9.17, 15) is 4.79 Å². The van der Waals surface area contributed by atoms with Gasteiger partial charge in [-0.05, 0) is 46.5 Å². The monoisotopic (exact) mass is 277 g/mol. The summed E-state index contributed by atoms with van der Waals surface area (Å²) in [5.41, 5.74) is 3.20. The molecule has 1 aromatic rings. The van der Waals surface area contributed by atoms with Gasteiger partial charge in [-0.3, -0.25) is 9.48 Å². The van der Waals surface area contributed by atoms with Gasteiger partial charge < -0.3 is 4.90 Å². The third-order valence-corrected chi connectivity index (χ3v) is 4.75. The highest BCUT2D eigenvalue weighted by Crippen LogP contribution is 2.28. The van der Waals surface area contributed by atoms with E-state index in [0.29, 0.717) is 6.04 Å². The first-order valence-electron chi connectivity index (χ1n) is 7.77. The molecule has 1 saturated heterocycles. The van der Waals surface area contributed by atoms with Gasteiger partial charge in [0.15, 0.2) is 0 Å². The topological polar surface area (TPSA) is 38.1 Å². The largest absolute Gasteiger partial charge is 0.339 e. The second-order valence-corrected chi connectivity index (χ2v) is 6.02. The van der Waals surface area contributed by atoms with Crippen molar-refractivity contribution in [3.05, 3.63) is 17.0 Å². The standard InChI is InChI=1S/C16H27N3O/c1-6-14-9-7-8-10-19(14)16(20)11(2)15-12(3)17-18(5)13(15)4/h11,14H,6-10H2,1-5H3/t11-,14+/m1/s1. The van der Waals surface area contributed by atoms with E-state index in [0.717, 1.165) is 42.8 Å². The normalized spacial score (nSPS) is 21.1. The highest BCUT2D eigenvalue weighted by molar-refractivity contribution is 5.84. The van der Waals surface area contributed by atoms with Crippen molar-refractivity contribution in [2.75, 3.05) is 6.54 Å². The molecular formula is C16H27N3O. The maximum Gasteiger partial charge on any atom is 0.230 e. The summed E-state index contributed by atoms with van der Waals surface area (Å²) < 4.78 is 1.88. The van der Waals surface area contributed by atoms with E-state index in [4.69, 9.17) is 0 Å². The molecule has 2 rings (SSSR count). The van der Waals surface area contributed by atoms with Crippen molar-refractivity contribution >= 4 is 5.91 Å². The maximum absolute atomic E-state index is 12.9. The Morgan fingerprint density at radius 1 is 1.40 bits per heavy atom. The number of likely N-dealkylation sites (tertiary alicyclic amines) is 1. The van der Waals surface area contributed by atoms with Crippen molar-refractivity contribution in [1.82, 2.24) is 14.7 Å². The quantitative estimate of drug-likeness (QED) is 0.852. The van der Waals surface area contributed by atoms with E-state index >= 15 is 0 Å². The summed E-state index contributed by atoms with van der Waals surface area (Å²) in [4.78, 5) is 15.0. The predicted molar refractivity (Wildman–Crippen MR) is 80.7 cm³/mol. The number of carbonyl (C=O) groups excluding carboxylic acids is 1. The first-order chi connectivity index (χ1) is 9.47. The Labute approximate surface area is 122 Å². The molecule has 0 N–H and O–H groups in total. The minimum Gasteiger partial charge on any atom is -0.339 e. The van der Waals surface area contributed by atoms with Crippen molar-refractivity contribution in [3.63, 3.8) is 0 Å². The predicted octanol–water partition coefficient (Wildman–Crippen LogP) is 2.93. The first kappa shape index (κ1) is 15.1. The number of amides is 1. The molecule has 20 heavy (non-hydrogen) atoms. The van der Waals surface area contributed by atoms with Crippen LogP contribution in [0.3, 0.4) is 0 Å². The average molecular weight is 277 g/mol. The Kier molecular flexibility index (Phi) is 4.51. The van der Waals surface area contributed by atoms with E-state index < -0.39 is 0 Å². The molecule has 1 aliphatic rings. The second kappa shape index (κ2) is 5.98. The van der Waals surface area contributed by atoms with Crippen molar-refractivity contribution in [1.29, 1.82) is 0 Å². The number of piperidine rings is 1. The van der Waals surface area contributed by atoms with E-state index in [1.54, 1.807) is 0 Å². The summed E-state index contributed by atoms with van der Waals surface area (Å²) in [5.74, 6) is 0.187. The molecule has 1 aliphatic heterocycles. The summed E-state index contributed by atoms with van der Waals surface area (Å²) >= 11 is 0. The number of rotatable bonds is 3. The van der Waals surface area contributed by atoms with Crippen molar-refractivity contribution in [2.45, 2.75) is 65.3 Å². The lowest BCUT2D eigenvalue weighted by atomic mass is 9.93. The van der Waals surface area contributed by atoms with Crippen LogP contribution in [0, 0.1) is 13.8 Å². The molecule has 0 aliphatic carbocycles. The van der Waals surface area contributed by atoms with Crippen LogP contribution < -0.4 is 0 Å². The minimum atomic E-state index is -0.0872. The zero-order chi connectivity index (χ0) is 14.9. The molecule has 4 heteroatoms. The van der Waals surface area contributed by atoms with Gasteiger partial charge in [-0.15, -0.1) is 0 Å². The summed E-state index contributed by atoms with van der Waals surface area (Å²) in [6.45, 7) is 9.18. The Morgan fingerprint density at radius 3 is 2.65 bits per heavy atom. The molecule has 1 aromatic heterocycles.